The maximum Gasteiger partial charge on any atom is 0.131 e. The van der Waals surface area contributed by atoms with Gasteiger partial charge in [0.25, 0.3) is 0 Å². The molecule has 0 aromatic heterocycles. The summed E-state index contributed by atoms with van der Waals surface area (Å²) in [5.41, 5.74) is 0.618. The first-order valence-electron chi connectivity index (χ1n) is 5.44. The summed E-state index contributed by atoms with van der Waals surface area (Å²) in [6.45, 7) is 1.52. The number of phenols is 1. The summed E-state index contributed by atoms with van der Waals surface area (Å²) in [6, 6.07) is 4.29. The Balaban J connectivity index is 1.81. The van der Waals surface area contributed by atoms with Crippen LogP contribution < -0.4 is 5.32 Å². The van der Waals surface area contributed by atoms with E-state index in [2.05, 4.69) is 5.32 Å². The first-order valence-corrected chi connectivity index (χ1v) is 5.44. The van der Waals surface area contributed by atoms with E-state index >= 15 is 0 Å². The monoisotopic (exact) mass is 209 g/mol. The number of rotatable bonds is 4. The van der Waals surface area contributed by atoms with Crippen molar-refractivity contribution in [3.05, 3.63) is 29.6 Å². The maximum absolute atomic E-state index is 13.3. The molecule has 2 rings (SSSR count). The first kappa shape index (κ1) is 10.4. The molecule has 82 valence electrons. The molecule has 0 saturated heterocycles. The first-order chi connectivity index (χ1) is 7.25. The zero-order chi connectivity index (χ0) is 10.7. The van der Waals surface area contributed by atoms with E-state index in [0.29, 0.717) is 12.1 Å². The van der Waals surface area contributed by atoms with Crippen molar-refractivity contribution in [2.24, 2.45) is 5.92 Å². The van der Waals surface area contributed by atoms with Crippen molar-refractivity contribution in [3.8, 4) is 5.75 Å². The van der Waals surface area contributed by atoms with Gasteiger partial charge in [0, 0.05) is 18.2 Å². The van der Waals surface area contributed by atoms with Gasteiger partial charge in [0.15, 0.2) is 0 Å². The molecular weight excluding hydrogens is 193 g/mol. The molecule has 1 aromatic carbocycles. The molecule has 1 aliphatic carbocycles. The highest BCUT2D eigenvalue weighted by Crippen LogP contribution is 2.25. The summed E-state index contributed by atoms with van der Waals surface area (Å²) < 4.78 is 13.3. The maximum atomic E-state index is 13.3. The fourth-order valence-corrected chi connectivity index (χ4v) is 1.79. The summed E-state index contributed by atoms with van der Waals surface area (Å²) >= 11 is 0. The van der Waals surface area contributed by atoms with Gasteiger partial charge in [-0.2, -0.15) is 0 Å². The van der Waals surface area contributed by atoms with Crippen LogP contribution in [0.5, 0.6) is 5.75 Å². The van der Waals surface area contributed by atoms with Crippen LogP contribution in [0.4, 0.5) is 4.39 Å². The highest BCUT2D eigenvalue weighted by molar-refractivity contribution is 5.27. The van der Waals surface area contributed by atoms with Gasteiger partial charge in [0.05, 0.1) is 0 Å². The highest BCUT2D eigenvalue weighted by Gasteiger charge is 2.16. The van der Waals surface area contributed by atoms with Crippen molar-refractivity contribution in [2.45, 2.75) is 25.8 Å². The Bertz CT molecular complexity index is 336. The Morgan fingerprint density at radius 3 is 2.80 bits per heavy atom. The number of benzene rings is 1. The van der Waals surface area contributed by atoms with Crippen molar-refractivity contribution < 1.29 is 9.50 Å². The van der Waals surface area contributed by atoms with Crippen molar-refractivity contribution in [1.29, 1.82) is 0 Å². The summed E-state index contributed by atoms with van der Waals surface area (Å²) in [7, 11) is 0. The fourth-order valence-electron chi connectivity index (χ4n) is 1.79. The summed E-state index contributed by atoms with van der Waals surface area (Å²) in [6.07, 6.45) is 3.93. The second kappa shape index (κ2) is 4.62. The van der Waals surface area contributed by atoms with Crippen LogP contribution in [0.2, 0.25) is 0 Å². The molecule has 1 saturated carbocycles. The number of halogens is 1. The number of phenolic OH excluding ortho intramolecular Hbond substituents is 1. The lowest BCUT2D eigenvalue weighted by Gasteiger charge is -2.25. The minimum atomic E-state index is -0.337. The van der Waals surface area contributed by atoms with Crippen LogP contribution in [0, 0.1) is 11.7 Å². The standard InChI is InChI=1S/C12H16FNO/c13-12-6-11(15)5-4-10(12)8-14-7-9-2-1-3-9/h4-6,9,14-15H,1-3,7-8H2. The molecule has 0 heterocycles. The van der Waals surface area contributed by atoms with Gasteiger partial charge < -0.3 is 10.4 Å². The van der Waals surface area contributed by atoms with E-state index in [4.69, 9.17) is 5.11 Å². The molecule has 1 fully saturated rings. The Kier molecular flexibility index (Phi) is 3.21. The molecule has 1 aliphatic rings. The van der Waals surface area contributed by atoms with E-state index in [0.717, 1.165) is 18.5 Å². The minimum absolute atomic E-state index is 0.0183. The SMILES string of the molecule is Oc1ccc(CNCC2CCC2)c(F)c1. The molecule has 2 N–H and O–H groups in total. The average Bonchev–Trinajstić information content (AvgIpc) is 2.12. The topological polar surface area (TPSA) is 32.3 Å². The second-order valence-electron chi connectivity index (χ2n) is 4.20. The summed E-state index contributed by atoms with van der Waals surface area (Å²) in [5.74, 6) is 0.427. The Hall–Kier alpha value is -1.09. The largest absolute Gasteiger partial charge is 0.508 e. The molecule has 3 heteroatoms. The number of nitrogens with one attached hydrogen (secondary N) is 1. The van der Waals surface area contributed by atoms with E-state index in [1.165, 1.54) is 25.3 Å². The lowest BCUT2D eigenvalue weighted by atomic mass is 9.85. The van der Waals surface area contributed by atoms with Gasteiger partial charge in [-0.1, -0.05) is 12.5 Å². The Morgan fingerprint density at radius 1 is 1.40 bits per heavy atom. The predicted octanol–water partition coefficient (Wildman–Crippen LogP) is 2.42. The molecule has 0 bridgehead atoms. The van der Waals surface area contributed by atoms with Gasteiger partial charge in [-0.25, -0.2) is 4.39 Å². The van der Waals surface area contributed by atoms with Crippen LogP contribution in [-0.4, -0.2) is 11.7 Å². The van der Waals surface area contributed by atoms with Gasteiger partial charge >= 0.3 is 0 Å². The smallest absolute Gasteiger partial charge is 0.131 e. The van der Waals surface area contributed by atoms with Gasteiger partial charge in [0.2, 0.25) is 0 Å². The Morgan fingerprint density at radius 2 is 2.20 bits per heavy atom. The third-order valence-corrected chi connectivity index (χ3v) is 3.01. The molecule has 0 spiro atoms. The molecule has 0 radical (unpaired) electrons. The van der Waals surface area contributed by atoms with Crippen molar-refractivity contribution >= 4 is 0 Å². The van der Waals surface area contributed by atoms with Crippen LogP contribution in [0.15, 0.2) is 18.2 Å². The van der Waals surface area contributed by atoms with E-state index in [1.54, 1.807) is 6.07 Å². The molecular formula is C12H16FNO. The molecule has 0 unspecified atom stereocenters. The second-order valence-corrected chi connectivity index (χ2v) is 4.20. The fraction of sp³-hybridized carbons (Fsp3) is 0.500. The lowest BCUT2D eigenvalue weighted by molar-refractivity contribution is 0.300. The molecule has 0 atom stereocenters. The number of hydrogen-bond donors (Lipinski definition) is 2. The van der Waals surface area contributed by atoms with Crippen LogP contribution >= 0.6 is 0 Å². The van der Waals surface area contributed by atoms with Crippen molar-refractivity contribution in [1.82, 2.24) is 5.32 Å². The van der Waals surface area contributed by atoms with E-state index < -0.39 is 0 Å². The van der Waals surface area contributed by atoms with E-state index in [-0.39, 0.29) is 11.6 Å². The average molecular weight is 209 g/mol. The van der Waals surface area contributed by atoms with Gasteiger partial charge in [0.1, 0.15) is 11.6 Å². The van der Waals surface area contributed by atoms with Gasteiger partial charge in [-0.15, -0.1) is 0 Å². The molecule has 15 heavy (non-hydrogen) atoms. The van der Waals surface area contributed by atoms with Crippen LogP contribution in [0.25, 0.3) is 0 Å². The normalized spacial score (nSPS) is 16.3. The van der Waals surface area contributed by atoms with E-state index in [9.17, 15) is 4.39 Å². The van der Waals surface area contributed by atoms with Gasteiger partial charge in [-0.3, -0.25) is 0 Å². The minimum Gasteiger partial charge on any atom is -0.508 e. The molecule has 2 nitrogen and oxygen atoms in total. The third kappa shape index (κ3) is 2.69. The number of aromatic hydroxyl groups is 1. The predicted molar refractivity (Wildman–Crippen MR) is 57.1 cm³/mol. The lowest BCUT2D eigenvalue weighted by Crippen LogP contribution is -2.27. The van der Waals surface area contributed by atoms with Crippen molar-refractivity contribution in [3.63, 3.8) is 0 Å². The zero-order valence-electron chi connectivity index (χ0n) is 8.67. The highest BCUT2D eigenvalue weighted by atomic mass is 19.1. The van der Waals surface area contributed by atoms with Gasteiger partial charge in [-0.05, 0) is 31.4 Å². The molecule has 0 aliphatic heterocycles. The Labute approximate surface area is 89.1 Å². The molecule has 1 aromatic rings. The van der Waals surface area contributed by atoms with Crippen LogP contribution in [0.3, 0.4) is 0 Å². The quantitative estimate of drug-likeness (QED) is 0.798. The summed E-state index contributed by atoms with van der Waals surface area (Å²) in [5, 5.41) is 12.3. The van der Waals surface area contributed by atoms with Crippen LogP contribution in [0.1, 0.15) is 24.8 Å². The van der Waals surface area contributed by atoms with Crippen LogP contribution in [-0.2, 0) is 6.54 Å². The third-order valence-electron chi connectivity index (χ3n) is 3.01. The zero-order valence-corrected chi connectivity index (χ0v) is 8.67. The number of hydrogen-bond acceptors (Lipinski definition) is 2. The summed E-state index contributed by atoms with van der Waals surface area (Å²) in [4.78, 5) is 0. The van der Waals surface area contributed by atoms with Crippen molar-refractivity contribution in [2.75, 3.05) is 6.54 Å². The van der Waals surface area contributed by atoms with E-state index in [1.807, 2.05) is 0 Å². The molecule has 0 amide bonds.